The van der Waals surface area contributed by atoms with E-state index in [0.717, 1.165) is 31.9 Å². The van der Waals surface area contributed by atoms with Crippen LogP contribution >= 0.6 is 47.0 Å². The van der Waals surface area contributed by atoms with E-state index < -0.39 is 43.7 Å². The quantitative estimate of drug-likeness (QED) is 0.246. The van der Waals surface area contributed by atoms with Gasteiger partial charge in [0.2, 0.25) is 0 Å². The molecule has 3 atom stereocenters. The minimum absolute atomic E-state index is 0.0844. The zero-order chi connectivity index (χ0) is 28.2. The largest absolute Gasteiger partial charge is 0.380 e. The highest BCUT2D eigenvalue weighted by Crippen LogP contribution is 2.75. The van der Waals surface area contributed by atoms with Crippen LogP contribution in [-0.2, 0) is 0 Å². The molecule has 1 aromatic carbocycles. The number of benzene rings is 1. The molecular formula is C27H16F6N2S4. The van der Waals surface area contributed by atoms with Gasteiger partial charge in [0, 0.05) is 35.3 Å². The Balaban J connectivity index is 1.52. The Labute approximate surface area is 237 Å². The van der Waals surface area contributed by atoms with Crippen LogP contribution in [0, 0.1) is 22.7 Å². The molecule has 0 radical (unpaired) electrons. The molecule has 0 aromatic heterocycles. The Morgan fingerprint density at radius 2 is 1.51 bits per heavy atom. The van der Waals surface area contributed by atoms with Gasteiger partial charge in [-0.15, -0.1) is 23.5 Å². The molecule has 6 rings (SSSR count). The first-order valence-corrected chi connectivity index (χ1v) is 14.9. The van der Waals surface area contributed by atoms with E-state index in [0.29, 0.717) is 0 Å². The summed E-state index contributed by atoms with van der Waals surface area (Å²) in [7, 11) is 0. The average Bonchev–Trinajstić information content (AvgIpc) is 3.55. The van der Waals surface area contributed by atoms with Gasteiger partial charge in [-0.3, -0.25) is 0 Å². The molecule has 3 aliphatic heterocycles. The van der Waals surface area contributed by atoms with Crippen molar-refractivity contribution in [1.29, 1.82) is 10.5 Å². The van der Waals surface area contributed by atoms with Crippen LogP contribution in [0.3, 0.4) is 0 Å². The van der Waals surface area contributed by atoms with E-state index in [2.05, 4.69) is 0 Å². The van der Waals surface area contributed by atoms with Crippen molar-refractivity contribution < 1.29 is 26.3 Å². The molecule has 5 aliphatic rings. The number of nitrogens with zero attached hydrogens (tertiary/aromatic N) is 2. The van der Waals surface area contributed by atoms with Crippen molar-refractivity contribution in [3.63, 3.8) is 0 Å². The van der Waals surface area contributed by atoms with Crippen LogP contribution in [0.25, 0.3) is 0 Å². The number of rotatable bonds is 2. The van der Waals surface area contributed by atoms with Crippen LogP contribution < -0.4 is 0 Å². The van der Waals surface area contributed by atoms with E-state index in [9.17, 15) is 19.3 Å². The van der Waals surface area contributed by atoms with Crippen LogP contribution in [-0.4, -0.2) is 32.5 Å². The maximum absolute atomic E-state index is 15.4. The third-order valence-corrected chi connectivity index (χ3v) is 13.6. The van der Waals surface area contributed by atoms with Crippen LogP contribution in [0.15, 0.2) is 89.3 Å². The van der Waals surface area contributed by atoms with Crippen LogP contribution in [0.5, 0.6) is 0 Å². The second kappa shape index (κ2) is 8.45. The van der Waals surface area contributed by atoms with E-state index in [4.69, 9.17) is 0 Å². The van der Waals surface area contributed by atoms with Crippen molar-refractivity contribution >= 4 is 47.0 Å². The minimum Gasteiger partial charge on any atom is -0.194 e. The summed E-state index contributed by atoms with van der Waals surface area (Å²) >= 11 is 5.36. The number of fused-ring (bicyclic) bond motifs is 5. The molecular weight excluding hydrogens is 595 g/mol. The summed E-state index contributed by atoms with van der Waals surface area (Å²) in [6, 6.07) is 11.1. The number of allylic oxidation sites excluding steroid dienone is 5. The molecule has 0 spiro atoms. The summed E-state index contributed by atoms with van der Waals surface area (Å²) in [6.45, 7) is 3.24. The van der Waals surface area contributed by atoms with Crippen molar-refractivity contribution in [3.8, 4) is 12.1 Å². The molecule has 0 bridgehead atoms. The number of nitriles is 2. The van der Waals surface area contributed by atoms with E-state index in [-0.39, 0.29) is 28.0 Å². The molecule has 12 heteroatoms. The highest BCUT2D eigenvalue weighted by atomic mass is 32.2. The highest BCUT2D eigenvalue weighted by Gasteiger charge is 2.84. The Bertz CT molecular complexity index is 1550. The Hall–Kier alpha value is -2.12. The van der Waals surface area contributed by atoms with Crippen LogP contribution in [0.4, 0.5) is 26.3 Å². The van der Waals surface area contributed by atoms with Crippen molar-refractivity contribution in [3.05, 3.63) is 79.5 Å². The van der Waals surface area contributed by atoms with E-state index >= 15 is 17.6 Å². The number of halogens is 6. The van der Waals surface area contributed by atoms with Crippen LogP contribution in [0.1, 0.15) is 20.3 Å². The number of thioether (sulfide) groups is 4. The van der Waals surface area contributed by atoms with E-state index in [1.54, 1.807) is 26.0 Å². The summed E-state index contributed by atoms with van der Waals surface area (Å²) < 4.78 is 89.5. The maximum Gasteiger partial charge on any atom is 0.380 e. The van der Waals surface area contributed by atoms with Gasteiger partial charge in [-0.05, 0) is 55.7 Å². The molecule has 3 unspecified atom stereocenters. The fourth-order valence-electron chi connectivity index (χ4n) is 5.76. The van der Waals surface area contributed by atoms with Crippen molar-refractivity contribution in [1.82, 2.24) is 0 Å². The first-order chi connectivity index (χ1) is 18.2. The zero-order valence-electron chi connectivity index (χ0n) is 20.1. The lowest BCUT2D eigenvalue weighted by atomic mass is 9.70. The molecule has 0 N–H and O–H groups in total. The first kappa shape index (κ1) is 27.1. The third kappa shape index (κ3) is 3.41. The normalized spacial score (nSPS) is 32.5. The Kier molecular flexibility index (Phi) is 5.86. The number of hydrogen-bond donors (Lipinski definition) is 0. The third-order valence-electron chi connectivity index (χ3n) is 7.76. The summed E-state index contributed by atoms with van der Waals surface area (Å²) in [5.41, 5.74) is -3.32. The van der Waals surface area contributed by atoms with Gasteiger partial charge < -0.3 is 0 Å². The molecule has 3 heterocycles. The maximum atomic E-state index is 15.4. The van der Waals surface area contributed by atoms with Crippen molar-refractivity contribution in [2.75, 3.05) is 0 Å². The highest BCUT2D eigenvalue weighted by molar-refractivity contribution is 8.24. The molecule has 0 amide bonds. The minimum atomic E-state index is -5.61. The molecule has 2 nitrogen and oxygen atoms in total. The van der Waals surface area contributed by atoms with Gasteiger partial charge in [-0.25, -0.2) is 0 Å². The Morgan fingerprint density at radius 3 is 2.10 bits per heavy atom. The smallest absolute Gasteiger partial charge is 0.194 e. The van der Waals surface area contributed by atoms with Crippen LogP contribution in [0.2, 0.25) is 0 Å². The van der Waals surface area contributed by atoms with Gasteiger partial charge >= 0.3 is 17.8 Å². The lowest BCUT2D eigenvalue weighted by Crippen LogP contribution is -2.48. The monoisotopic (exact) mass is 610 g/mol. The van der Waals surface area contributed by atoms with Gasteiger partial charge in [0.25, 0.3) is 0 Å². The van der Waals surface area contributed by atoms with Gasteiger partial charge in [0.15, 0.2) is 0 Å². The SMILES string of the molecule is CC12SC(C=C(C#N)C#N)=CC1=C1C(=C3CC(C=C4Sc5ccccc5S4)SC32C)C(F)(F)C(F)(F)C1(F)F. The summed E-state index contributed by atoms with van der Waals surface area (Å²) in [6.07, 6.45) is 4.16. The second-order valence-electron chi connectivity index (χ2n) is 9.86. The van der Waals surface area contributed by atoms with Gasteiger partial charge in [0.1, 0.15) is 17.7 Å². The van der Waals surface area contributed by atoms with E-state index in [1.165, 1.54) is 41.4 Å². The summed E-state index contributed by atoms with van der Waals surface area (Å²) in [5, 5.41) is 17.9. The lowest BCUT2D eigenvalue weighted by molar-refractivity contribution is -0.258. The molecule has 1 saturated heterocycles. The molecule has 39 heavy (non-hydrogen) atoms. The molecule has 1 saturated carbocycles. The zero-order valence-corrected chi connectivity index (χ0v) is 23.4. The topological polar surface area (TPSA) is 47.6 Å². The standard InChI is InChI=1S/C27H16F6N2S4/c1-23-16(8-14(38-23)7-13(11-34)12-35)21-22(26(30,31)27(32,33)25(21,28)29)17-9-15(39-24(17,23)2)10-20-36-18-5-3-4-6-19(18)37-20/h3-8,10,15H,9H2,1-2H3. The fraction of sp³-hybridized carbons (Fsp3) is 0.333. The average molecular weight is 611 g/mol. The predicted octanol–water partition coefficient (Wildman–Crippen LogP) is 8.88. The molecule has 200 valence electrons. The van der Waals surface area contributed by atoms with Crippen molar-refractivity contribution in [2.24, 2.45) is 0 Å². The summed E-state index contributed by atoms with van der Waals surface area (Å²) in [5.74, 6) is -15.8. The predicted molar refractivity (Wildman–Crippen MR) is 143 cm³/mol. The molecule has 2 fully saturated rings. The second-order valence-corrected chi connectivity index (χ2v) is 15.4. The molecule has 1 aromatic rings. The lowest BCUT2D eigenvalue weighted by Gasteiger charge is -2.47. The fourth-order valence-corrected chi connectivity index (χ4v) is 11.8. The van der Waals surface area contributed by atoms with E-state index in [1.807, 2.05) is 30.3 Å². The molecule has 2 aliphatic carbocycles. The Morgan fingerprint density at radius 1 is 0.923 bits per heavy atom. The summed E-state index contributed by atoms with van der Waals surface area (Å²) in [4.78, 5) is 2.29. The van der Waals surface area contributed by atoms with Gasteiger partial charge in [-0.2, -0.15) is 36.9 Å². The van der Waals surface area contributed by atoms with Gasteiger partial charge in [-0.1, -0.05) is 41.7 Å². The van der Waals surface area contributed by atoms with Gasteiger partial charge in [0.05, 0.1) is 9.49 Å². The number of alkyl halides is 6. The first-order valence-electron chi connectivity index (χ1n) is 11.6. The number of hydrogen-bond acceptors (Lipinski definition) is 6. The van der Waals surface area contributed by atoms with Crippen molar-refractivity contribution in [2.45, 2.75) is 62.6 Å².